The number of hydrogen-bond donors (Lipinski definition) is 1. The summed E-state index contributed by atoms with van der Waals surface area (Å²) in [5.41, 5.74) is 0.869. The summed E-state index contributed by atoms with van der Waals surface area (Å²) in [5, 5.41) is 3.26. The molecule has 1 heterocycles. The van der Waals surface area contributed by atoms with Gasteiger partial charge in [-0.25, -0.2) is 8.78 Å². The summed E-state index contributed by atoms with van der Waals surface area (Å²) in [7, 11) is 0. The van der Waals surface area contributed by atoms with E-state index in [4.69, 9.17) is 4.74 Å². The van der Waals surface area contributed by atoms with Crippen LogP contribution in [-0.2, 0) is 0 Å². The molecule has 1 fully saturated rings. The highest BCUT2D eigenvalue weighted by Crippen LogP contribution is 2.34. The van der Waals surface area contributed by atoms with E-state index in [-0.39, 0.29) is 31.0 Å². The quantitative estimate of drug-likeness (QED) is 0.861. The molecule has 1 aromatic rings. The van der Waals surface area contributed by atoms with Gasteiger partial charge in [0.2, 0.25) is 6.43 Å². The molecule has 1 aliphatic rings. The van der Waals surface area contributed by atoms with Gasteiger partial charge in [0.15, 0.2) is 0 Å². The van der Waals surface area contributed by atoms with Crippen molar-refractivity contribution in [1.29, 1.82) is 0 Å². The Labute approximate surface area is 137 Å². The third-order valence-electron chi connectivity index (χ3n) is 3.63. The molecule has 126 valence electrons. The Morgan fingerprint density at radius 3 is 2.41 bits per heavy atom. The van der Waals surface area contributed by atoms with E-state index in [0.29, 0.717) is 0 Å². The number of para-hydroxylation sites is 1. The average molecular weight is 335 g/mol. The summed E-state index contributed by atoms with van der Waals surface area (Å²) in [4.78, 5) is 2.13. The van der Waals surface area contributed by atoms with Crippen LogP contribution < -0.4 is 10.1 Å². The molecule has 1 aromatic carbocycles. The molecule has 0 unspecified atom stereocenters. The molecular formula is C16H25ClF2N2O. The highest BCUT2D eigenvalue weighted by molar-refractivity contribution is 5.85. The molecule has 0 aromatic heterocycles. The number of halogens is 3. The van der Waals surface area contributed by atoms with Crippen LogP contribution in [0.15, 0.2) is 24.3 Å². The van der Waals surface area contributed by atoms with Gasteiger partial charge in [-0.15, -0.1) is 12.4 Å². The van der Waals surface area contributed by atoms with Crippen LogP contribution in [-0.4, -0.2) is 43.6 Å². The number of nitrogens with one attached hydrogen (secondary N) is 1. The molecule has 1 N–H and O–H groups in total. The first kappa shape index (κ1) is 19.1. The van der Waals surface area contributed by atoms with Crippen molar-refractivity contribution < 1.29 is 13.5 Å². The van der Waals surface area contributed by atoms with Crippen LogP contribution in [0, 0.1) is 0 Å². The molecule has 0 radical (unpaired) electrons. The van der Waals surface area contributed by atoms with Crippen LogP contribution in [0.4, 0.5) is 8.78 Å². The number of piperazine rings is 1. The first-order valence-electron chi connectivity index (χ1n) is 7.56. The Hall–Kier alpha value is -0.910. The van der Waals surface area contributed by atoms with Gasteiger partial charge in [-0.1, -0.05) is 18.2 Å². The third-order valence-corrected chi connectivity index (χ3v) is 3.63. The Balaban J connectivity index is 0.00000242. The van der Waals surface area contributed by atoms with Crippen LogP contribution in [0.2, 0.25) is 0 Å². The van der Waals surface area contributed by atoms with Crippen molar-refractivity contribution in [2.24, 2.45) is 0 Å². The summed E-state index contributed by atoms with van der Waals surface area (Å²) in [6.07, 6.45) is -2.45. The highest BCUT2D eigenvalue weighted by Gasteiger charge is 2.27. The number of nitrogens with zero attached hydrogens (tertiary/aromatic N) is 1. The topological polar surface area (TPSA) is 24.5 Å². The molecule has 0 amide bonds. The summed E-state index contributed by atoms with van der Waals surface area (Å²) < 4.78 is 31.9. The van der Waals surface area contributed by atoms with E-state index in [9.17, 15) is 8.78 Å². The zero-order valence-corrected chi connectivity index (χ0v) is 13.9. The normalized spacial score (nSPS) is 17.4. The second-order valence-corrected chi connectivity index (χ2v) is 5.63. The van der Waals surface area contributed by atoms with Crippen molar-refractivity contribution in [1.82, 2.24) is 10.2 Å². The zero-order valence-electron chi connectivity index (χ0n) is 13.1. The molecule has 6 heteroatoms. The maximum Gasteiger partial charge on any atom is 0.240 e. The van der Waals surface area contributed by atoms with Gasteiger partial charge < -0.3 is 10.1 Å². The summed E-state index contributed by atoms with van der Waals surface area (Å²) in [5.74, 6) is 0.719. The summed E-state index contributed by atoms with van der Waals surface area (Å²) in [6.45, 7) is 7.15. The number of ether oxygens (including phenoxy) is 1. The van der Waals surface area contributed by atoms with E-state index >= 15 is 0 Å². The lowest BCUT2D eigenvalue weighted by Gasteiger charge is -2.36. The minimum Gasteiger partial charge on any atom is -0.491 e. The largest absolute Gasteiger partial charge is 0.491 e. The zero-order chi connectivity index (χ0) is 15.2. The molecular weight excluding hydrogens is 310 g/mol. The molecule has 2 rings (SSSR count). The predicted octanol–water partition coefficient (Wildman–Crippen LogP) is 3.50. The summed E-state index contributed by atoms with van der Waals surface area (Å²) in [6, 6.07) is 7.27. The maximum atomic E-state index is 13.0. The Bertz CT molecular complexity index is 440. The van der Waals surface area contributed by atoms with E-state index in [1.807, 2.05) is 38.1 Å². The lowest BCUT2D eigenvalue weighted by Crippen LogP contribution is -2.45. The van der Waals surface area contributed by atoms with E-state index in [0.717, 1.165) is 37.5 Å². The fourth-order valence-electron chi connectivity index (χ4n) is 2.75. The minimum absolute atomic E-state index is 0. The fraction of sp³-hybridized carbons (Fsp3) is 0.625. The Morgan fingerprint density at radius 1 is 1.18 bits per heavy atom. The van der Waals surface area contributed by atoms with Crippen LogP contribution >= 0.6 is 12.4 Å². The van der Waals surface area contributed by atoms with Gasteiger partial charge in [-0.3, -0.25) is 4.90 Å². The number of benzene rings is 1. The SMILES string of the molecule is CC(C)Oc1ccccc1[C@H](CC(F)F)N1CCNCC1.Cl. The van der Waals surface area contributed by atoms with E-state index in [1.165, 1.54) is 0 Å². The van der Waals surface area contributed by atoms with Crippen molar-refractivity contribution in [3.05, 3.63) is 29.8 Å². The number of alkyl halides is 2. The van der Waals surface area contributed by atoms with E-state index < -0.39 is 6.43 Å². The van der Waals surface area contributed by atoms with Gasteiger partial charge in [-0.2, -0.15) is 0 Å². The van der Waals surface area contributed by atoms with Crippen molar-refractivity contribution >= 4 is 12.4 Å². The average Bonchev–Trinajstić information content (AvgIpc) is 2.46. The van der Waals surface area contributed by atoms with Crippen molar-refractivity contribution in [2.75, 3.05) is 26.2 Å². The molecule has 0 spiro atoms. The van der Waals surface area contributed by atoms with Gasteiger partial charge >= 0.3 is 0 Å². The molecule has 3 nitrogen and oxygen atoms in total. The van der Waals surface area contributed by atoms with Crippen LogP contribution in [0.1, 0.15) is 31.9 Å². The van der Waals surface area contributed by atoms with Crippen LogP contribution in [0.5, 0.6) is 5.75 Å². The van der Waals surface area contributed by atoms with Gasteiger partial charge in [0.05, 0.1) is 6.10 Å². The Morgan fingerprint density at radius 2 is 1.82 bits per heavy atom. The van der Waals surface area contributed by atoms with Gasteiger partial charge in [0.1, 0.15) is 5.75 Å². The van der Waals surface area contributed by atoms with Crippen LogP contribution in [0.3, 0.4) is 0 Å². The Kier molecular flexibility index (Phi) is 8.07. The smallest absolute Gasteiger partial charge is 0.240 e. The minimum atomic E-state index is -2.32. The molecule has 0 aliphatic carbocycles. The lowest BCUT2D eigenvalue weighted by atomic mass is 10.00. The number of hydrogen-bond acceptors (Lipinski definition) is 3. The van der Waals surface area contributed by atoms with Gasteiger partial charge in [-0.05, 0) is 19.9 Å². The monoisotopic (exact) mass is 334 g/mol. The first-order chi connectivity index (χ1) is 10.1. The highest BCUT2D eigenvalue weighted by atomic mass is 35.5. The van der Waals surface area contributed by atoms with Gasteiger partial charge in [0.25, 0.3) is 0 Å². The van der Waals surface area contributed by atoms with Crippen LogP contribution in [0.25, 0.3) is 0 Å². The lowest BCUT2D eigenvalue weighted by molar-refractivity contribution is 0.0721. The first-order valence-corrected chi connectivity index (χ1v) is 7.56. The van der Waals surface area contributed by atoms with Crippen molar-refractivity contribution in [2.45, 2.75) is 38.8 Å². The maximum absolute atomic E-state index is 13.0. The van der Waals surface area contributed by atoms with E-state index in [2.05, 4.69) is 10.2 Å². The fourth-order valence-corrected chi connectivity index (χ4v) is 2.75. The molecule has 1 atom stereocenters. The van der Waals surface area contributed by atoms with E-state index in [1.54, 1.807) is 0 Å². The second kappa shape index (κ2) is 9.28. The summed E-state index contributed by atoms with van der Waals surface area (Å²) >= 11 is 0. The number of rotatable bonds is 6. The molecule has 22 heavy (non-hydrogen) atoms. The second-order valence-electron chi connectivity index (χ2n) is 5.63. The van der Waals surface area contributed by atoms with Crippen molar-refractivity contribution in [3.8, 4) is 5.75 Å². The van der Waals surface area contributed by atoms with Gasteiger partial charge in [0, 0.05) is 44.2 Å². The molecule has 1 aliphatic heterocycles. The molecule has 1 saturated heterocycles. The molecule has 0 saturated carbocycles. The molecule has 0 bridgehead atoms. The van der Waals surface area contributed by atoms with Crippen molar-refractivity contribution in [3.63, 3.8) is 0 Å². The predicted molar refractivity (Wildman–Crippen MR) is 87.3 cm³/mol. The third kappa shape index (κ3) is 5.38. The standard InChI is InChI=1S/C16H24F2N2O.ClH/c1-12(2)21-15-6-4-3-5-13(15)14(11-16(17)18)20-9-7-19-8-10-20;/h3-6,12,14,16,19H,7-11H2,1-2H3;1H/t14-;/m0./s1.